The van der Waals surface area contributed by atoms with Crippen LogP contribution in [0.1, 0.15) is 24.3 Å². The zero-order valence-corrected chi connectivity index (χ0v) is 16.4. The van der Waals surface area contributed by atoms with Crippen molar-refractivity contribution in [2.24, 2.45) is 0 Å². The monoisotopic (exact) mass is 368 g/mol. The number of hydrogen-bond acceptors (Lipinski definition) is 6. The smallest absolute Gasteiger partial charge is 0.274 e. The molecule has 1 aliphatic heterocycles. The molecule has 1 fully saturated rings. The van der Waals surface area contributed by atoms with Crippen LogP contribution in [0.4, 0.5) is 17.2 Å². The summed E-state index contributed by atoms with van der Waals surface area (Å²) in [7, 11) is 2.11. The number of nitrogens with zero attached hydrogens (tertiary/aromatic N) is 5. The number of aromatic nitrogens is 2. The molecule has 1 saturated heterocycles. The van der Waals surface area contributed by atoms with Crippen molar-refractivity contribution in [3.8, 4) is 0 Å². The van der Waals surface area contributed by atoms with E-state index in [0.29, 0.717) is 5.69 Å². The van der Waals surface area contributed by atoms with Gasteiger partial charge >= 0.3 is 0 Å². The van der Waals surface area contributed by atoms with Crippen molar-refractivity contribution in [2.45, 2.75) is 13.8 Å². The van der Waals surface area contributed by atoms with Gasteiger partial charge in [0.25, 0.3) is 5.91 Å². The van der Waals surface area contributed by atoms with Gasteiger partial charge in [-0.1, -0.05) is 0 Å². The Hall–Kier alpha value is -2.67. The first-order valence-corrected chi connectivity index (χ1v) is 9.52. The summed E-state index contributed by atoms with van der Waals surface area (Å²) in [6.45, 7) is 9.96. The van der Waals surface area contributed by atoms with Crippen LogP contribution in [0.15, 0.2) is 36.7 Å². The quantitative estimate of drug-likeness (QED) is 0.844. The van der Waals surface area contributed by atoms with Crippen molar-refractivity contribution in [3.63, 3.8) is 0 Å². The van der Waals surface area contributed by atoms with E-state index in [2.05, 4.69) is 50.9 Å². The standard InChI is InChI=1S/C20H28N6O/c1-4-25(5-2)17-8-6-16(7-9-17)23-20(27)18-14-19(22-15-21-18)26-12-10-24(3)11-13-26/h6-9,14-15H,4-5,10-13H2,1-3H3,(H,23,27). The fourth-order valence-electron chi connectivity index (χ4n) is 3.22. The van der Waals surface area contributed by atoms with E-state index in [-0.39, 0.29) is 5.91 Å². The van der Waals surface area contributed by atoms with Crippen LogP contribution in [0.3, 0.4) is 0 Å². The molecule has 0 atom stereocenters. The fourth-order valence-corrected chi connectivity index (χ4v) is 3.22. The lowest BCUT2D eigenvalue weighted by molar-refractivity contribution is 0.102. The van der Waals surface area contributed by atoms with Crippen molar-refractivity contribution >= 4 is 23.1 Å². The molecule has 0 aliphatic carbocycles. The highest BCUT2D eigenvalue weighted by molar-refractivity contribution is 6.03. The van der Waals surface area contributed by atoms with Crippen molar-refractivity contribution in [3.05, 3.63) is 42.4 Å². The molecule has 0 spiro atoms. The van der Waals surface area contributed by atoms with Gasteiger partial charge in [-0.05, 0) is 45.2 Å². The lowest BCUT2D eigenvalue weighted by Gasteiger charge is -2.33. The van der Waals surface area contributed by atoms with Crippen LogP contribution in [0, 0.1) is 0 Å². The molecule has 2 heterocycles. The maximum atomic E-state index is 12.6. The van der Waals surface area contributed by atoms with Gasteiger partial charge in [0.15, 0.2) is 0 Å². The number of hydrogen-bond donors (Lipinski definition) is 1. The minimum absolute atomic E-state index is 0.219. The number of benzene rings is 1. The number of amides is 1. The Morgan fingerprint density at radius 2 is 1.74 bits per heavy atom. The van der Waals surface area contributed by atoms with Crippen molar-refractivity contribution in [2.75, 3.05) is 61.4 Å². The van der Waals surface area contributed by atoms with Gasteiger partial charge < -0.3 is 20.0 Å². The van der Waals surface area contributed by atoms with E-state index in [4.69, 9.17) is 0 Å². The van der Waals surface area contributed by atoms with Gasteiger partial charge in [0, 0.05) is 56.7 Å². The van der Waals surface area contributed by atoms with Gasteiger partial charge in [-0.25, -0.2) is 9.97 Å². The topological polar surface area (TPSA) is 64.6 Å². The van der Waals surface area contributed by atoms with Crippen LogP contribution in [-0.2, 0) is 0 Å². The van der Waals surface area contributed by atoms with Crippen LogP contribution < -0.4 is 15.1 Å². The van der Waals surface area contributed by atoms with Crippen molar-refractivity contribution < 1.29 is 4.79 Å². The Labute approximate surface area is 161 Å². The summed E-state index contributed by atoms with van der Waals surface area (Å²) in [6.07, 6.45) is 1.46. The van der Waals surface area contributed by atoms with E-state index >= 15 is 0 Å². The average molecular weight is 368 g/mol. The van der Waals surface area contributed by atoms with Crippen molar-refractivity contribution in [1.29, 1.82) is 0 Å². The Bertz CT molecular complexity index is 751. The second-order valence-corrected chi connectivity index (χ2v) is 6.73. The normalized spacial score (nSPS) is 14.9. The Morgan fingerprint density at radius 1 is 1.07 bits per heavy atom. The van der Waals surface area contributed by atoms with E-state index in [0.717, 1.165) is 56.5 Å². The first kappa shape index (κ1) is 19.1. The second-order valence-electron chi connectivity index (χ2n) is 6.73. The molecule has 1 aliphatic rings. The highest BCUT2D eigenvalue weighted by Crippen LogP contribution is 2.19. The summed E-state index contributed by atoms with van der Waals surface area (Å²) in [5.41, 5.74) is 2.29. The minimum Gasteiger partial charge on any atom is -0.372 e. The van der Waals surface area contributed by atoms with Gasteiger partial charge in [0.2, 0.25) is 0 Å². The first-order chi connectivity index (χ1) is 13.1. The third-order valence-electron chi connectivity index (χ3n) is 4.97. The van der Waals surface area contributed by atoms with Crippen LogP contribution in [-0.4, -0.2) is 67.1 Å². The van der Waals surface area contributed by atoms with E-state index in [1.807, 2.05) is 24.3 Å². The Balaban J connectivity index is 1.66. The molecule has 0 bridgehead atoms. The third-order valence-corrected chi connectivity index (χ3v) is 4.97. The lowest BCUT2D eigenvalue weighted by atomic mass is 10.2. The van der Waals surface area contributed by atoms with Crippen LogP contribution >= 0.6 is 0 Å². The first-order valence-electron chi connectivity index (χ1n) is 9.52. The highest BCUT2D eigenvalue weighted by Gasteiger charge is 2.17. The lowest BCUT2D eigenvalue weighted by Crippen LogP contribution is -2.44. The molecule has 144 valence electrons. The van der Waals surface area contributed by atoms with E-state index < -0.39 is 0 Å². The summed E-state index contributed by atoms with van der Waals surface area (Å²) in [5, 5.41) is 2.92. The molecule has 2 aromatic rings. The Morgan fingerprint density at radius 3 is 2.37 bits per heavy atom. The average Bonchev–Trinajstić information content (AvgIpc) is 2.71. The zero-order chi connectivity index (χ0) is 19.2. The molecular formula is C20H28N6O. The fraction of sp³-hybridized carbons (Fsp3) is 0.450. The van der Waals surface area contributed by atoms with Crippen LogP contribution in [0.25, 0.3) is 0 Å². The SMILES string of the molecule is CCN(CC)c1ccc(NC(=O)c2cc(N3CCN(C)CC3)ncn2)cc1. The van der Waals surface area contributed by atoms with Gasteiger partial charge in [-0.2, -0.15) is 0 Å². The molecule has 7 nitrogen and oxygen atoms in total. The largest absolute Gasteiger partial charge is 0.372 e. The third kappa shape index (κ3) is 4.74. The molecule has 1 aromatic carbocycles. The van der Waals surface area contributed by atoms with E-state index in [9.17, 15) is 4.79 Å². The summed E-state index contributed by atoms with van der Waals surface area (Å²) in [5.74, 6) is 0.587. The van der Waals surface area contributed by atoms with Gasteiger partial charge in [-0.3, -0.25) is 4.79 Å². The molecule has 1 N–H and O–H groups in total. The molecule has 1 aromatic heterocycles. The minimum atomic E-state index is -0.219. The van der Waals surface area contributed by atoms with E-state index in [1.165, 1.54) is 6.33 Å². The molecule has 0 saturated carbocycles. The van der Waals surface area contributed by atoms with Gasteiger partial charge in [0.1, 0.15) is 17.8 Å². The predicted molar refractivity (Wildman–Crippen MR) is 110 cm³/mol. The van der Waals surface area contributed by atoms with Gasteiger partial charge in [-0.15, -0.1) is 0 Å². The number of nitrogens with one attached hydrogen (secondary N) is 1. The number of rotatable bonds is 6. The predicted octanol–water partition coefficient (Wildman–Crippen LogP) is 2.33. The number of likely N-dealkylation sites (N-methyl/N-ethyl adjacent to an activating group) is 1. The molecule has 27 heavy (non-hydrogen) atoms. The summed E-state index contributed by atoms with van der Waals surface area (Å²) < 4.78 is 0. The Kier molecular flexibility index (Phi) is 6.24. The van der Waals surface area contributed by atoms with Crippen LogP contribution in [0.2, 0.25) is 0 Å². The highest BCUT2D eigenvalue weighted by atomic mass is 16.1. The summed E-state index contributed by atoms with van der Waals surface area (Å²) in [4.78, 5) is 27.8. The molecule has 0 unspecified atom stereocenters. The molecule has 0 radical (unpaired) electrons. The molecular weight excluding hydrogens is 340 g/mol. The maximum absolute atomic E-state index is 12.6. The van der Waals surface area contributed by atoms with Gasteiger partial charge in [0.05, 0.1) is 0 Å². The number of piperazine rings is 1. The number of anilines is 3. The van der Waals surface area contributed by atoms with Crippen LogP contribution in [0.5, 0.6) is 0 Å². The van der Waals surface area contributed by atoms with E-state index in [1.54, 1.807) is 6.07 Å². The molecule has 1 amide bonds. The molecule has 3 rings (SSSR count). The number of carbonyl (C=O) groups is 1. The summed E-state index contributed by atoms with van der Waals surface area (Å²) in [6, 6.07) is 9.67. The summed E-state index contributed by atoms with van der Waals surface area (Å²) >= 11 is 0. The number of carbonyl (C=O) groups excluding carboxylic acids is 1. The molecule has 7 heteroatoms. The second kappa shape index (κ2) is 8.81. The van der Waals surface area contributed by atoms with Crippen molar-refractivity contribution in [1.82, 2.24) is 14.9 Å². The zero-order valence-electron chi connectivity index (χ0n) is 16.4. The maximum Gasteiger partial charge on any atom is 0.274 e.